The van der Waals surface area contributed by atoms with Crippen LogP contribution in [-0.2, 0) is 13.5 Å². The molecule has 1 fully saturated rings. The van der Waals surface area contributed by atoms with Crippen LogP contribution < -0.4 is 5.73 Å². The van der Waals surface area contributed by atoms with Crippen LogP contribution in [0.2, 0.25) is 0 Å². The maximum atomic E-state index is 6.26. The largest absolute Gasteiger partial charge is 0.369 e. The number of nitrogen functional groups attached to an aromatic ring is 1. The van der Waals surface area contributed by atoms with Gasteiger partial charge in [0.25, 0.3) is 0 Å². The van der Waals surface area contributed by atoms with Gasteiger partial charge in [0.15, 0.2) is 5.65 Å². The van der Waals surface area contributed by atoms with Crippen LogP contribution in [0.15, 0.2) is 0 Å². The smallest absolute Gasteiger partial charge is 0.202 e. The lowest BCUT2D eigenvalue weighted by Gasteiger charge is -2.22. The van der Waals surface area contributed by atoms with Crippen molar-refractivity contribution >= 4 is 17.1 Å². The highest BCUT2D eigenvalue weighted by atomic mass is 15.4. The molecule has 0 radical (unpaired) electrons. The second-order valence-corrected chi connectivity index (χ2v) is 6.33. The highest BCUT2D eigenvalue weighted by Gasteiger charge is 2.23. The van der Waals surface area contributed by atoms with Gasteiger partial charge in [-0.1, -0.05) is 45.4 Å². The molecule has 0 bridgehead atoms. The third kappa shape index (κ3) is 2.65. The maximum absolute atomic E-state index is 6.26. The van der Waals surface area contributed by atoms with E-state index < -0.39 is 0 Å². The minimum absolute atomic E-state index is 0.486. The van der Waals surface area contributed by atoms with Gasteiger partial charge < -0.3 is 5.73 Å². The van der Waals surface area contributed by atoms with Crippen LogP contribution >= 0.6 is 0 Å². The molecule has 1 saturated carbocycles. The van der Waals surface area contributed by atoms with Gasteiger partial charge in [0.05, 0.1) is 5.69 Å². The lowest BCUT2D eigenvalue weighted by molar-refractivity contribution is 0.378. The first-order valence-corrected chi connectivity index (χ1v) is 8.41. The number of anilines is 1. The van der Waals surface area contributed by atoms with E-state index in [1.165, 1.54) is 44.9 Å². The average molecular weight is 289 g/mol. The molecule has 0 atom stereocenters. The van der Waals surface area contributed by atoms with Crippen LogP contribution in [0.1, 0.15) is 70.0 Å². The molecule has 116 valence electrons. The van der Waals surface area contributed by atoms with Crippen LogP contribution in [0.4, 0.5) is 5.95 Å². The quantitative estimate of drug-likeness (QED) is 0.939. The fraction of sp³-hybridized carbons (Fsp3) is 0.750. The van der Waals surface area contributed by atoms with Crippen LogP contribution in [0.25, 0.3) is 11.2 Å². The molecule has 1 aliphatic rings. The molecule has 0 saturated heterocycles. The van der Waals surface area contributed by atoms with Gasteiger partial charge in [-0.25, -0.2) is 4.98 Å². The number of aryl methyl sites for hydroxylation is 2. The van der Waals surface area contributed by atoms with Gasteiger partial charge in [0.2, 0.25) is 5.95 Å². The molecule has 5 heteroatoms. The lowest BCUT2D eigenvalue weighted by Crippen LogP contribution is -2.15. The number of imidazole rings is 1. The monoisotopic (exact) mass is 289 g/mol. The Morgan fingerprint density at radius 2 is 1.81 bits per heavy atom. The zero-order chi connectivity index (χ0) is 14.8. The lowest BCUT2D eigenvalue weighted by atomic mass is 9.96. The van der Waals surface area contributed by atoms with Gasteiger partial charge in [-0.05, 0) is 19.3 Å². The van der Waals surface area contributed by atoms with Crippen molar-refractivity contribution in [3.05, 3.63) is 5.69 Å². The predicted octanol–water partition coefficient (Wildman–Crippen LogP) is 3.59. The zero-order valence-corrected chi connectivity index (χ0v) is 13.3. The number of hydrogen-bond donors (Lipinski definition) is 1. The fourth-order valence-electron chi connectivity index (χ4n) is 3.68. The number of rotatable bonds is 3. The molecule has 0 amide bonds. The highest BCUT2D eigenvalue weighted by Crippen LogP contribution is 2.32. The van der Waals surface area contributed by atoms with E-state index in [0.717, 1.165) is 29.7 Å². The fourth-order valence-corrected chi connectivity index (χ4v) is 3.68. The van der Waals surface area contributed by atoms with Crippen LogP contribution in [-0.4, -0.2) is 19.3 Å². The molecule has 0 unspecified atom stereocenters. The molecule has 2 aromatic rings. The van der Waals surface area contributed by atoms with Gasteiger partial charge in [-0.3, -0.25) is 9.25 Å². The van der Waals surface area contributed by atoms with E-state index in [1.54, 1.807) is 0 Å². The second-order valence-electron chi connectivity index (χ2n) is 6.33. The molecule has 2 N–H and O–H groups in total. The van der Waals surface area contributed by atoms with E-state index >= 15 is 0 Å². The number of nitrogens with two attached hydrogens (primary N) is 1. The molecular weight excluding hydrogens is 262 g/mol. The summed E-state index contributed by atoms with van der Waals surface area (Å²) in [7, 11) is 2.02. The Kier molecular flexibility index (Phi) is 4.17. The minimum atomic E-state index is 0.486. The Morgan fingerprint density at radius 3 is 2.48 bits per heavy atom. The van der Waals surface area contributed by atoms with E-state index in [2.05, 4.69) is 21.6 Å². The van der Waals surface area contributed by atoms with Gasteiger partial charge in [-0.15, -0.1) is 0 Å². The summed E-state index contributed by atoms with van der Waals surface area (Å²) in [6.07, 6.45) is 11.1. The minimum Gasteiger partial charge on any atom is -0.369 e. The number of fused-ring (bicyclic) bond motifs is 1. The van der Waals surface area contributed by atoms with Gasteiger partial charge >= 0.3 is 0 Å². The summed E-state index contributed by atoms with van der Waals surface area (Å²) in [5.41, 5.74) is 9.48. The Labute approximate surface area is 126 Å². The molecule has 0 spiro atoms. The Bertz CT molecular complexity index is 602. The number of aromatic nitrogens is 4. The molecule has 5 nitrogen and oxygen atoms in total. The summed E-state index contributed by atoms with van der Waals surface area (Å²) in [6, 6.07) is 0.486. The van der Waals surface area contributed by atoms with Crippen molar-refractivity contribution in [2.24, 2.45) is 7.05 Å². The summed E-state index contributed by atoms with van der Waals surface area (Å²) in [6.45, 7) is 2.18. The summed E-state index contributed by atoms with van der Waals surface area (Å²) in [5.74, 6) is 0.668. The Morgan fingerprint density at radius 1 is 1.14 bits per heavy atom. The number of hydrogen-bond acceptors (Lipinski definition) is 3. The molecule has 2 heterocycles. The highest BCUT2D eigenvalue weighted by molar-refractivity contribution is 5.78. The van der Waals surface area contributed by atoms with E-state index in [0.29, 0.717) is 12.0 Å². The molecule has 1 aliphatic carbocycles. The van der Waals surface area contributed by atoms with Crippen molar-refractivity contribution in [3.63, 3.8) is 0 Å². The molecule has 0 aliphatic heterocycles. The normalized spacial score (nSPS) is 18.0. The zero-order valence-electron chi connectivity index (χ0n) is 13.3. The van der Waals surface area contributed by atoms with E-state index in [1.807, 2.05) is 11.7 Å². The molecule has 3 rings (SSSR count). The van der Waals surface area contributed by atoms with Gasteiger partial charge in [0, 0.05) is 13.1 Å². The van der Waals surface area contributed by atoms with E-state index in [9.17, 15) is 0 Å². The molecule has 21 heavy (non-hydrogen) atoms. The van der Waals surface area contributed by atoms with Crippen molar-refractivity contribution in [3.8, 4) is 0 Å². The average Bonchev–Trinajstić information content (AvgIpc) is 2.89. The standard InChI is InChI=1S/C16H27N5/c1-3-9-13-14-15(20(2)19-13)21(16(17)18-14)12-10-7-5-4-6-8-11-12/h12H,3-11H2,1-2H3,(H2,17,18). The summed E-state index contributed by atoms with van der Waals surface area (Å²) >= 11 is 0. The predicted molar refractivity (Wildman–Crippen MR) is 86.3 cm³/mol. The summed E-state index contributed by atoms with van der Waals surface area (Å²) in [5, 5.41) is 4.66. The van der Waals surface area contributed by atoms with Crippen molar-refractivity contribution < 1.29 is 0 Å². The third-order valence-corrected chi connectivity index (χ3v) is 4.69. The van der Waals surface area contributed by atoms with Gasteiger partial charge in [-0.2, -0.15) is 5.10 Å². The first-order valence-electron chi connectivity index (χ1n) is 8.41. The first kappa shape index (κ1) is 14.4. The summed E-state index contributed by atoms with van der Waals surface area (Å²) < 4.78 is 4.23. The van der Waals surface area contributed by atoms with E-state index in [-0.39, 0.29) is 0 Å². The Hall–Kier alpha value is -1.52. The third-order valence-electron chi connectivity index (χ3n) is 4.69. The molecule has 0 aromatic carbocycles. The molecular formula is C16H27N5. The van der Waals surface area contributed by atoms with Crippen LogP contribution in [0.3, 0.4) is 0 Å². The van der Waals surface area contributed by atoms with E-state index in [4.69, 9.17) is 5.73 Å². The Balaban J connectivity index is 2.02. The maximum Gasteiger partial charge on any atom is 0.202 e. The number of nitrogens with zero attached hydrogens (tertiary/aromatic N) is 4. The second kappa shape index (κ2) is 6.08. The van der Waals surface area contributed by atoms with Crippen LogP contribution in [0.5, 0.6) is 0 Å². The first-order chi connectivity index (χ1) is 10.2. The summed E-state index contributed by atoms with van der Waals surface area (Å²) in [4.78, 5) is 4.64. The SMILES string of the molecule is CCCc1nn(C)c2c1nc(N)n2C1CCCCCCC1. The van der Waals surface area contributed by atoms with Crippen molar-refractivity contribution in [2.45, 2.75) is 70.8 Å². The van der Waals surface area contributed by atoms with Crippen LogP contribution in [0, 0.1) is 0 Å². The molecule has 2 aromatic heterocycles. The van der Waals surface area contributed by atoms with Gasteiger partial charge in [0.1, 0.15) is 5.52 Å². The van der Waals surface area contributed by atoms with Crippen molar-refractivity contribution in [1.82, 2.24) is 19.3 Å². The van der Waals surface area contributed by atoms with Crippen molar-refractivity contribution in [1.29, 1.82) is 0 Å². The topological polar surface area (TPSA) is 61.7 Å². The van der Waals surface area contributed by atoms with Crippen molar-refractivity contribution in [2.75, 3.05) is 5.73 Å².